The highest BCUT2D eigenvalue weighted by molar-refractivity contribution is 7.87. The monoisotopic (exact) mass is 371 g/mol. The van der Waals surface area contributed by atoms with Crippen molar-refractivity contribution in [3.63, 3.8) is 0 Å². The van der Waals surface area contributed by atoms with Gasteiger partial charge in [-0.25, -0.2) is 0 Å². The molecule has 3 aromatic rings. The van der Waals surface area contributed by atoms with Gasteiger partial charge in [0, 0.05) is 0 Å². The smallest absolute Gasteiger partial charge is 0.339 e. The Hall–Kier alpha value is -2.90. The van der Waals surface area contributed by atoms with Crippen molar-refractivity contribution >= 4 is 26.9 Å². The topological polar surface area (TPSA) is 107 Å². The first-order valence-electron chi connectivity index (χ1n) is 7.86. The lowest BCUT2D eigenvalue weighted by Gasteiger charge is -2.10. The Labute approximate surface area is 151 Å². The van der Waals surface area contributed by atoms with Crippen LogP contribution in [0.2, 0.25) is 0 Å². The lowest BCUT2D eigenvalue weighted by Crippen LogP contribution is -2.32. The fourth-order valence-electron chi connectivity index (χ4n) is 2.52. The molecule has 6 nitrogen and oxygen atoms in total. The van der Waals surface area contributed by atoms with Crippen LogP contribution in [-0.4, -0.2) is 25.5 Å². The first-order valence-corrected chi connectivity index (χ1v) is 9.26. The van der Waals surface area contributed by atoms with E-state index in [0.29, 0.717) is 5.56 Å². The van der Waals surface area contributed by atoms with Crippen molar-refractivity contribution in [3.8, 4) is 5.75 Å². The summed E-state index contributed by atoms with van der Waals surface area (Å²) in [5.74, 6) is -0.949. The number of carboxylic acids is 1. The molecule has 134 valence electrons. The van der Waals surface area contributed by atoms with Gasteiger partial charge in [-0.3, -0.25) is 4.79 Å². The van der Waals surface area contributed by atoms with Crippen molar-refractivity contribution in [3.05, 3.63) is 72.3 Å². The predicted molar refractivity (Wildman–Crippen MR) is 97.5 cm³/mol. The summed E-state index contributed by atoms with van der Waals surface area (Å²) in [5.41, 5.74) is 6.16. The standard InChI is InChI=1S/C19H17NO5S/c20-18(19(21)22)11-13-5-8-16(9-6-13)25-26(23,24)17-10-7-14-3-1-2-4-15(14)12-17/h1-10,12,18H,11,20H2,(H,21,22)/t18-/m0/s1. The second-order valence-corrected chi connectivity index (χ2v) is 7.39. The molecule has 3 rings (SSSR count). The molecule has 26 heavy (non-hydrogen) atoms. The van der Waals surface area contributed by atoms with Crippen LogP contribution >= 0.6 is 0 Å². The average Bonchev–Trinajstić information content (AvgIpc) is 2.62. The minimum atomic E-state index is -3.97. The zero-order chi connectivity index (χ0) is 18.7. The van der Waals surface area contributed by atoms with Gasteiger partial charge in [-0.1, -0.05) is 42.5 Å². The van der Waals surface area contributed by atoms with Gasteiger partial charge >= 0.3 is 16.1 Å². The van der Waals surface area contributed by atoms with E-state index in [1.807, 2.05) is 24.3 Å². The summed E-state index contributed by atoms with van der Waals surface area (Å²) in [6.45, 7) is 0. The molecule has 7 heteroatoms. The Morgan fingerprint density at radius 2 is 1.65 bits per heavy atom. The van der Waals surface area contributed by atoms with Gasteiger partial charge in [0.1, 0.15) is 16.7 Å². The molecule has 0 aliphatic rings. The van der Waals surface area contributed by atoms with Gasteiger partial charge in [-0.15, -0.1) is 0 Å². The maximum atomic E-state index is 12.5. The summed E-state index contributed by atoms with van der Waals surface area (Å²) in [5, 5.41) is 10.6. The molecule has 0 saturated heterocycles. The maximum absolute atomic E-state index is 12.5. The summed E-state index contributed by atoms with van der Waals surface area (Å²) in [6.07, 6.45) is 0.146. The SMILES string of the molecule is N[C@@H](Cc1ccc(OS(=O)(=O)c2ccc3ccccc3c2)cc1)C(=O)O. The molecule has 3 aromatic carbocycles. The molecule has 3 N–H and O–H groups in total. The molecule has 0 radical (unpaired) electrons. The summed E-state index contributed by atoms with van der Waals surface area (Å²) < 4.78 is 30.1. The lowest BCUT2D eigenvalue weighted by molar-refractivity contribution is -0.138. The van der Waals surface area contributed by atoms with Crippen molar-refractivity contribution in [1.82, 2.24) is 0 Å². The number of fused-ring (bicyclic) bond motifs is 1. The largest absolute Gasteiger partial charge is 0.480 e. The fraction of sp³-hybridized carbons (Fsp3) is 0.105. The van der Waals surface area contributed by atoms with Crippen LogP contribution in [0.5, 0.6) is 5.75 Å². The zero-order valence-electron chi connectivity index (χ0n) is 13.7. The van der Waals surface area contributed by atoms with Crippen molar-refractivity contribution in [1.29, 1.82) is 0 Å². The zero-order valence-corrected chi connectivity index (χ0v) is 14.5. The third-order valence-electron chi connectivity index (χ3n) is 3.91. The van der Waals surface area contributed by atoms with E-state index in [1.54, 1.807) is 24.3 Å². The number of carbonyl (C=O) groups is 1. The molecule has 0 saturated carbocycles. The van der Waals surface area contributed by atoms with Gasteiger partial charge in [0.05, 0.1) is 0 Å². The fourth-order valence-corrected chi connectivity index (χ4v) is 3.49. The van der Waals surface area contributed by atoms with Crippen molar-refractivity contribution < 1.29 is 22.5 Å². The Bertz CT molecular complexity index is 1040. The van der Waals surface area contributed by atoms with Gasteiger partial charge in [-0.2, -0.15) is 8.42 Å². The van der Waals surface area contributed by atoms with Gasteiger partial charge in [-0.05, 0) is 47.0 Å². The predicted octanol–water partition coefficient (Wildman–Crippen LogP) is 2.56. The van der Waals surface area contributed by atoms with E-state index in [1.165, 1.54) is 18.2 Å². The molecular formula is C19H17NO5S. The van der Waals surface area contributed by atoms with Crippen LogP contribution in [0.4, 0.5) is 0 Å². The molecule has 0 unspecified atom stereocenters. The van der Waals surface area contributed by atoms with Crippen LogP contribution < -0.4 is 9.92 Å². The molecule has 0 aromatic heterocycles. The van der Waals surface area contributed by atoms with E-state index in [-0.39, 0.29) is 17.1 Å². The third kappa shape index (κ3) is 4.01. The van der Waals surface area contributed by atoms with Crippen LogP contribution in [0.3, 0.4) is 0 Å². The maximum Gasteiger partial charge on any atom is 0.339 e. The molecular weight excluding hydrogens is 354 g/mol. The molecule has 0 aliphatic carbocycles. The van der Waals surface area contributed by atoms with Crippen LogP contribution in [0.15, 0.2) is 71.6 Å². The van der Waals surface area contributed by atoms with Gasteiger partial charge in [0.2, 0.25) is 0 Å². The molecule has 0 spiro atoms. The van der Waals surface area contributed by atoms with Crippen LogP contribution in [-0.2, 0) is 21.3 Å². The number of benzene rings is 3. The van der Waals surface area contributed by atoms with Crippen LogP contribution in [0, 0.1) is 0 Å². The second-order valence-electron chi connectivity index (χ2n) is 5.84. The number of nitrogens with two attached hydrogens (primary N) is 1. The average molecular weight is 371 g/mol. The summed E-state index contributed by atoms with van der Waals surface area (Å²) in [4.78, 5) is 10.8. The van der Waals surface area contributed by atoms with E-state index in [2.05, 4.69) is 0 Å². The molecule has 0 fully saturated rings. The van der Waals surface area contributed by atoms with Crippen LogP contribution in [0.1, 0.15) is 5.56 Å². The van der Waals surface area contributed by atoms with Crippen molar-refractivity contribution in [2.75, 3.05) is 0 Å². The number of hydrogen-bond acceptors (Lipinski definition) is 5. The normalized spacial score (nSPS) is 12.7. The molecule has 0 aliphatic heterocycles. The van der Waals surface area contributed by atoms with E-state index >= 15 is 0 Å². The summed E-state index contributed by atoms with van der Waals surface area (Å²) >= 11 is 0. The molecule has 1 atom stereocenters. The number of rotatable bonds is 6. The quantitative estimate of drug-likeness (QED) is 0.645. The Morgan fingerprint density at radius 3 is 2.31 bits per heavy atom. The minimum absolute atomic E-state index is 0.0631. The highest BCUT2D eigenvalue weighted by Gasteiger charge is 2.17. The Morgan fingerprint density at radius 1 is 1.00 bits per heavy atom. The van der Waals surface area contributed by atoms with Gasteiger partial charge in [0.25, 0.3) is 0 Å². The lowest BCUT2D eigenvalue weighted by atomic mass is 10.1. The summed E-state index contributed by atoms with van der Waals surface area (Å²) in [6, 6.07) is 17.3. The molecule has 0 amide bonds. The highest BCUT2D eigenvalue weighted by atomic mass is 32.2. The second kappa shape index (κ2) is 7.15. The first-order chi connectivity index (χ1) is 12.3. The Balaban J connectivity index is 1.79. The van der Waals surface area contributed by atoms with Gasteiger partial charge in [0.15, 0.2) is 0 Å². The van der Waals surface area contributed by atoms with E-state index in [0.717, 1.165) is 10.8 Å². The number of aliphatic carboxylic acids is 1. The molecule has 0 bridgehead atoms. The van der Waals surface area contributed by atoms with E-state index < -0.39 is 22.1 Å². The number of hydrogen-bond donors (Lipinski definition) is 2. The molecule has 0 heterocycles. The number of carboxylic acid groups (broad SMARTS) is 1. The van der Waals surface area contributed by atoms with E-state index in [9.17, 15) is 13.2 Å². The first kappa shape index (κ1) is 17.9. The Kier molecular flexibility index (Phi) is 4.92. The van der Waals surface area contributed by atoms with Crippen molar-refractivity contribution in [2.24, 2.45) is 5.73 Å². The van der Waals surface area contributed by atoms with Gasteiger partial charge < -0.3 is 15.0 Å². The minimum Gasteiger partial charge on any atom is -0.480 e. The van der Waals surface area contributed by atoms with E-state index in [4.69, 9.17) is 15.0 Å². The van der Waals surface area contributed by atoms with Crippen LogP contribution in [0.25, 0.3) is 10.8 Å². The third-order valence-corrected chi connectivity index (χ3v) is 5.15. The highest BCUT2D eigenvalue weighted by Crippen LogP contribution is 2.23. The van der Waals surface area contributed by atoms with Crippen molar-refractivity contribution in [2.45, 2.75) is 17.4 Å². The summed E-state index contributed by atoms with van der Waals surface area (Å²) in [7, 11) is -3.97.